The van der Waals surface area contributed by atoms with E-state index >= 15 is 0 Å². The maximum absolute atomic E-state index is 5.71. The normalized spacial score (nSPS) is 17.9. The number of rotatable bonds is 5. The van der Waals surface area contributed by atoms with Crippen molar-refractivity contribution in [2.75, 3.05) is 33.2 Å². The van der Waals surface area contributed by atoms with E-state index in [1.54, 1.807) is 0 Å². The SMILES string of the molecule is CC(C)Oc1cccc(CNN2CCN(C)CC2)c1. The Kier molecular flexibility index (Phi) is 5.19. The lowest BCUT2D eigenvalue weighted by Crippen LogP contribution is -2.50. The highest BCUT2D eigenvalue weighted by molar-refractivity contribution is 5.28. The van der Waals surface area contributed by atoms with Crippen molar-refractivity contribution in [2.45, 2.75) is 26.5 Å². The van der Waals surface area contributed by atoms with Crippen LogP contribution in [0.3, 0.4) is 0 Å². The summed E-state index contributed by atoms with van der Waals surface area (Å²) in [5.74, 6) is 0.952. The summed E-state index contributed by atoms with van der Waals surface area (Å²) < 4.78 is 5.71. The van der Waals surface area contributed by atoms with Gasteiger partial charge in [0.25, 0.3) is 0 Å². The van der Waals surface area contributed by atoms with E-state index in [4.69, 9.17) is 4.74 Å². The summed E-state index contributed by atoms with van der Waals surface area (Å²) in [5, 5.41) is 2.30. The molecule has 1 fully saturated rings. The van der Waals surface area contributed by atoms with Crippen LogP contribution in [-0.4, -0.2) is 49.2 Å². The van der Waals surface area contributed by atoms with Gasteiger partial charge in [0, 0.05) is 32.7 Å². The highest BCUT2D eigenvalue weighted by Crippen LogP contribution is 2.14. The molecular formula is C15H25N3O. The Balaban J connectivity index is 1.82. The molecule has 1 N–H and O–H groups in total. The Morgan fingerprint density at radius 2 is 1.95 bits per heavy atom. The summed E-state index contributed by atoms with van der Waals surface area (Å²) in [7, 11) is 2.17. The first-order valence-electron chi connectivity index (χ1n) is 7.06. The van der Waals surface area contributed by atoms with Crippen LogP contribution in [0.15, 0.2) is 24.3 Å². The number of hydrogen-bond acceptors (Lipinski definition) is 4. The minimum absolute atomic E-state index is 0.223. The number of piperazine rings is 1. The third kappa shape index (κ3) is 4.82. The molecule has 0 unspecified atom stereocenters. The Labute approximate surface area is 116 Å². The molecule has 0 aromatic heterocycles. The van der Waals surface area contributed by atoms with Gasteiger partial charge in [-0.3, -0.25) is 5.43 Å². The standard InChI is InChI=1S/C15H25N3O/c1-13(2)19-15-6-4-5-14(11-15)12-16-18-9-7-17(3)8-10-18/h4-6,11,13,16H,7-10,12H2,1-3H3. The molecule has 19 heavy (non-hydrogen) atoms. The molecule has 1 aliphatic rings. The van der Waals surface area contributed by atoms with E-state index in [1.807, 2.05) is 6.07 Å². The van der Waals surface area contributed by atoms with Gasteiger partial charge in [0.15, 0.2) is 0 Å². The van der Waals surface area contributed by atoms with Gasteiger partial charge in [-0.25, -0.2) is 5.01 Å². The van der Waals surface area contributed by atoms with E-state index < -0.39 is 0 Å². The zero-order chi connectivity index (χ0) is 13.7. The van der Waals surface area contributed by atoms with Gasteiger partial charge in [-0.05, 0) is 38.6 Å². The highest BCUT2D eigenvalue weighted by atomic mass is 16.5. The molecule has 0 bridgehead atoms. The molecule has 1 aromatic rings. The smallest absolute Gasteiger partial charge is 0.120 e. The maximum Gasteiger partial charge on any atom is 0.120 e. The predicted octanol–water partition coefficient (Wildman–Crippen LogP) is 1.73. The van der Waals surface area contributed by atoms with Crippen LogP contribution in [0, 0.1) is 0 Å². The van der Waals surface area contributed by atoms with Crippen LogP contribution >= 0.6 is 0 Å². The highest BCUT2D eigenvalue weighted by Gasteiger charge is 2.12. The Morgan fingerprint density at radius 3 is 2.63 bits per heavy atom. The fourth-order valence-electron chi connectivity index (χ4n) is 2.17. The van der Waals surface area contributed by atoms with Crippen LogP contribution in [0.4, 0.5) is 0 Å². The second-order valence-electron chi connectivity index (χ2n) is 5.44. The van der Waals surface area contributed by atoms with Crippen molar-refractivity contribution in [3.8, 4) is 5.75 Å². The van der Waals surface area contributed by atoms with Crippen molar-refractivity contribution in [1.82, 2.24) is 15.3 Å². The zero-order valence-corrected chi connectivity index (χ0v) is 12.2. The first-order valence-corrected chi connectivity index (χ1v) is 7.06. The lowest BCUT2D eigenvalue weighted by Gasteiger charge is -2.32. The Morgan fingerprint density at radius 1 is 1.21 bits per heavy atom. The molecule has 4 nitrogen and oxygen atoms in total. The molecule has 106 valence electrons. The molecule has 2 rings (SSSR count). The van der Waals surface area contributed by atoms with Crippen molar-refractivity contribution in [3.05, 3.63) is 29.8 Å². The average Bonchev–Trinajstić information content (AvgIpc) is 2.38. The number of hydrazine groups is 1. The number of benzene rings is 1. The molecule has 1 aliphatic heterocycles. The fraction of sp³-hybridized carbons (Fsp3) is 0.600. The van der Waals surface area contributed by atoms with Gasteiger partial charge in [0.2, 0.25) is 0 Å². The topological polar surface area (TPSA) is 27.7 Å². The summed E-state index contributed by atoms with van der Waals surface area (Å²) >= 11 is 0. The van der Waals surface area contributed by atoms with E-state index in [2.05, 4.69) is 54.4 Å². The van der Waals surface area contributed by atoms with Crippen LogP contribution in [0.2, 0.25) is 0 Å². The monoisotopic (exact) mass is 263 g/mol. The summed E-state index contributed by atoms with van der Waals surface area (Å²) in [6.45, 7) is 9.38. The van der Waals surface area contributed by atoms with E-state index in [1.165, 1.54) is 5.56 Å². The summed E-state index contributed by atoms with van der Waals surface area (Å²) in [5.41, 5.74) is 4.75. The van der Waals surface area contributed by atoms with E-state index in [9.17, 15) is 0 Å². The van der Waals surface area contributed by atoms with Crippen LogP contribution in [0.1, 0.15) is 19.4 Å². The third-order valence-corrected chi connectivity index (χ3v) is 3.28. The fourth-order valence-corrected chi connectivity index (χ4v) is 2.17. The largest absolute Gasteiger partial charge is 0.491 e. The van der Waals surface area contributed by atoms with E-state index in [0.29, 0.717) is 0 Å². The quantitative estimate of drug-likeness (QED) is 0.875. The first-order chi connectivity index (χ1) is 9.13. The second kappa shape index (κ2) is 6.89. The van der Waals surface area contributed by atoms with E-state index in [-0.39, 0.29) is 6.10 Å². The summed E-state index contributed by atoms with van der Waals surface area (Å²) in [6, 6.07) is 8.32. The molecule has 0 saturated carbocycles. The first kappa shape index (κ1) is 14.3. The lowest BCUT2D eigenvalue weighted by atomic mass is 10.2. The molecule has 0 radical (unpaired) electrons. The van der Waals surface area contributed by atoms with Gasteiger partial charge < -0.3 is 9.64 Å². The molecule has 0 spiro atoms. The minimum Gasteiger partial charge on any atom is -0.491 e. The number of ether oxygens (including phenoxy) is 1. The molecule has 1 saturated heterocycles. The maximum atomic E-state index is 5.71. The average molecular weight is 263 g/mol. The minimum atomic E-state index is 0.223. The van der Waals surface area contributed by atoms with Crippen LogP contribution in [0.5, 0.6) is 5.75 Å². The van der Waals surface area contributed by atoms with Gasteiger partial charge in [-0.1, -0.05) is 12.1 Å². The molecule has 0 amide bonds. The van der Waals surface area contributed by atoms with Crippen molar-refractivity contribution < 1.29 is 4.74 Å². The van der Waals surface area contributed by atoms with Gasteiger partial charge in [0.1, 0.15) is 5.75 Å². The van der Waals surface area contributed by atoms with Gasteiger partial charge >= 0.3 is 0 Å². The number of nitrogens with zero attached hydrogens (tertiary/aromatic N) is 2. The van der Waals surface area contributed by atoms with Crippen LogP contribution < -0.4 is 10.2 Å². The van der Waals surface area contributed by atoms with Crippen molar-refractivity contribution >= 4 is 0 Å². The van der Waals surface area contributed by atoms with Gasteiger partial charge in [0.05, 0.1) is 6.10 Å². The summed E-state index contributed by atoms with van der Waals surface area (Å²) in [4.78, 5) is 2.36. The van der Waals surface area contributed by atoms with Gasteiger partial charge in [-0.2, -0.15) is 0 Å². The number of likely N-dealkylation sites (N-methyl/N-ethyl adjacent to an activating group) is 1. The lowest BCUT2D eigenvalue weighted by molar-refractivity contribution is 0.102. The second-order valence-corrected chi connectivity index (χ2v) is 5.44. The van der Waals surface area contributed by atoms with Gasteiger partial charge in [-0.15, -0.1) is 0 Å². The van der Waals surface area contributed by atoms with E-state index in [0.717, 1.165) is 38.5 Å². The van der Waals surface area contributed by atoms with Crippen LogP contribution in [-0.2, 0) is 6.54 Å². The molecular weight excluding hydrogens is 238 g/mol. The molecule has 1 heterocycles. The predicted molar refractivity (Wildman–Crippen MR) is 78.1 cm³/mol. The summed E-state index contributed by atoms with van der Waals surface area (Å²) in [6.07, 6.45) is 0.223. The molecule has 0 aliphatic carbocycles. The Hall–Kier alpha value is -1.10. The number of nitrogens with one attached hydrogen (secondary N) is 1. The third-order valence-electron chi connectivity index (χ3n) is 3.28. The molecule has 4 heteroatoms. The van der Waals surface area contributed by atoms with Crippen molar-refractivity contribution in [3.63, 3.8) is 0 Å². The number of hydrogen-bond donors (Lipinski definition) is 1. The molecule has 1 aromatic carbocycles. The Bertz CT molecular complexity index is 387. The van der Waals surface area contributed by atoms with Crippen molar-refractivity contribution in [2.24, 2.45) is 0 Å². The van der Waals surface area contributed by atoms with Crippen LogP contribution in [0.25, 0.3) is 0 Å². The zero-order valence-electron chi connectivity index (χ0n) is 12.2. The molecule has 0 atom stereocenters. The van der Waals surface area contributed by atoms with Crippen molar-refractivity contribution in [1.29, 1.82) is 0 Å².